The molecule has 0 aliphatic heterocycles. The molecule has 4 aromatic rings. The summed E-state index contributed by atoms with van der Waals surface area (Å²) in [5, 5.41) is 2.47. The fraction of sp³-hybridized carbons (Fsp3) is 0.217. The van der Waals surface area contributed by atoms with Crippen LogP contribution in [0.4, 0.5) is 18.9 Å². The van der Waals surface area contributed by atoms with E-state index < -0.39 is 23.2 Å². The summed E-state index contributed by atoms with van der Waals surface area (Å²) in [7, 11) is 0. The van der Waals surface area contributed by atoms with Gasteiger partial charge in [-0.05, 0) is 38.1 Å². The second-order valence-corrected chi connectivity index (χ2v) is 7.70. The van der Waals surface area contributed by atoms with E-state index in [9.17, 15) is 22.8 Å². The lowest BCUT2D eigenvalue weighted by atomic mass is 10.1. The number of halogens is 3. The minimum Gasteiger partial charge on any atom is -0.485 e. The van der Waals surface area contributed by atoms with E-state index >= 15 is 0 Å². The van der Waals surface area contributed by atoms with Crippen LogP contribution < -0.4 is 15.6 Å². The average molecular weight is 471 g/mol. The van der Waals surface area contributed by atoms with Gasteiger partial charge in [0.25, 0.3) is 17.2 Å². The maximum Gasteiger partial charge on any atom is 0.417 e. The maximum absolute atomic E-state index is 13.3. The second kappa shape index (κ2) is 9.00. The van der Waals surface area contributed by atoms with Gasteiger partial charge >= 0.3 is 6.18 Å². The van der Waals surface area contributed by atoms with Gasteiger partial charge in [0.1, 0.15) is 18.7 Å². The molecule has 0 aliphatic carbocycles. The van der Waals surface area contributed by atoms with Gasteiger partial charge in [-0.25, -0.2) is 4.98 Å². The minimum atomic E-state index is -4.68. The first kappa shape index (κ1) is 23.0. The van der Waals surface area contributed by atoms with Crippen LogP contribution in [0.25, 0.3) is 5.78 Å². The highest BCUT2D eigenvalue weighted by Gasteiger charge is 2.35. The minimum absolute atomic E-state index is 0.00423. The smallest absolute Gasteiger partial charge is 0.417 e. The van der Waals surface area contributed by atoms with E-state index in [-0.39, 0.29) is 35.4 Å². The first-order valence-electron chi connectivity index (χ1n) is 10.3. The third-order valence-corrected chi connectivity index (χ3v) is 4.97. The summed E-state index contributed by atoms with van der Waals surface area (Å²) < 4.78 is 48.6. The average Bonchev–Trinajstić information content (AvgIpc) is 3.23. The van der Waals surface area contributed by atoms with Crippen molar-refractivity contribution < 1.29 is 22.7 Å². The zero-order chi connectivity index (χ0) is 24.5. The Hall–Kier alpha value is -4.15. The summed E-state index contributed by atoms with van der Waals surface area (Å²) in [5.41, 5.74) is -1.40. The fourth-order valence-corrected chi connectivity index (χ4v) is 3.38. The number of hydrogen-bond donors (Lipinski definition) is 1. The molecule has 0 unspecified atom stereocenters. The zero-order valence-corrected chi connectivity index (χ0v) is 18.2. The molecule has 2 aromatic heterocycles. The highest BCUT2D eigenvalue weighted by atomic mass is 19.4. The molecular formula is C23H20F3N5O3. The Morgan fingerprint density at radius 1 is 1.12 bits per heavy atom. The number of nitrogens with zero attached hydrogens (tertiary/aromatic N) is 4. The molecule has 11 heteroatoms. The van der Waals surface area contributed by atoms with Crippen molar-refractivity contribution in [2.75, 3.05) is 5.32 Å². The van der Waals surface area contributed by atoms with Gasteiger partial charge in [0.2, 0.25) is 0 Å². The van der Waals surface area contributed by atoms with Crippen molar-refractivity contribution in [3.63, 3.8) is 0 Å². The van der Waals surface area contributed by atoms with Gasteiger partial charge in [-0.1, -0.05) is 24.3 Å². The van der Waals surface area contributed by atoms with E-state index in [2.05, 4.69) is 15.3 Å². The van der Waals surface area contributed by atoms with Crippen LogP contribution in [0.1, 0.15) is 41.5 Å². The molecule has 0 radical (unpaired) electrons. The first-order chi connectivity index (χ1) is 16.1. The van der Waals surface area contributed by atoms with Gasteiger partial charge in [-0.3, -0.25) is 14.3 Å². The number of hydrogen-bond acceptors (Lipinski definition) is 5. The molecule has 0 aliphatic rings. The van der Waals surface area contributed by atoms with Crippen LogP contribution in [-0.2, 0) is 12.8 Å². The number of benzene rings is 2. The molecule has 8 nitrogen and oxygen atoms in total. The fourth-order valence-electron chi connectivity index (χ4n) is 3.38. The van der Waals surface area contributed by atoms with E-state index in [4.69, 9.17) is 4.74 Å². The quantitative estimate of drug-likeness (QED) is 0.452. The van der Waals surface area contributed by atoms with Crippen LogP contribution in [0.3, 0.4) is 0 Å². The van der Waals surface area contributed by atoms with Gasteiger partial charge in [-0.2, -0.15) is 22.7 Å². The van der Waals surface area contributed by atoms with E-state index in [1.165, 1.54) is 35.1 Å². The van der Waals surface area contributed by atoms with Crippen molar-refractivity contribution in [2.45, 2.75) is 32.7 Å². The molecule has 0 spiro atoms. The molecular weight excluding hydrogens is 451 g/mol. The molecule has 1 N–H and O–H groups in total. The molecule has 0 atom stereocenters. The zero-order valence-electron chi connectivity index (χ0n) is 18.2. The number of para-hydroxylation sites is 2. The Kier molecular flexibility index (Phi) is 6.10. The maximum atomic E-state index is 13.3. The molecule has 0 saturated carbocycles. The molecule has 176 valence electrons. The lowest BCUT2D eigenvalue weighted by molar-refractivity contribution is -0.137. The van der Waals surface area contributed by atoms with Crippen LogP contribution >= 0.6 is 0 Å². The highest BCUT2D eigenvalue weighted by molar-refractivity contribution is 6.06. The van der Waals surface area contributed by atoms with Gasteiger partial charge in [0.15, 0.2) is 0 Å². The molecule has 0 bridgehead atoms. The normalized spacial score (nSPS) is 11.7. The van der Waals surface area contributed by atoms with Gasteiger partial charge < -0.3 is 10.1 Å². The molecule has 0 fully saturated rings. The van der Waals surface area contributed by atoms with E-state index in [0.29, 0.717) is 5.69 Å². The summed E-state index contributed by atoms with van der Waals surface area (Å²) in [6, 6.07) is 12.1. The summed E-state index contributed by atoms with van der Waals surface area (Å²) >= 11 is 0. The van der Waals surface area contributed by atoms with Crippen LogP contribution in [0, 0.1) is 0 Å². The number of aromatic nitrogens is 4. The van der Waals surface area contributed by atoms with E-state index in [1.807, 2.05) is 13.8 Å². The molecule has 2 aromatic carbocycles. The first-order valence-corrected chi connectivity index (χ1v) is 10.3. The summed E-state index contributed by atoms with van der Waals surface area (Å²) in [4.78, 5) is 33.6. The number of carbonyl (C=O) groups is 1. The predicted octanol–water partition coefficient (Wildman–Crippen LogP) is 4.32. The lowest BCUT2D eigenvalue weighted by Crippen LogP contribution is -2.23. The number of alkyl halides is 3. The number of carbonyl (C=O) groups excluding carboxylic acids is 1. The van der Waals surface area contributed by atoms with E-state index in [0.717, 1.165) is 12.1 Å². The van der Waals surface area contributed by atoms with Crippen molar-refractivity contribution in [3.05, 3.63) is 88.1 Å². The third kappa shape index (κ3) is 4.63. The SMILES string of the molecule is CC(C)n1cnc2nc(COc3ccccc3NC(=O)c3ccccc3C(F)(F)F)cc(=O)n21. The standard InChI is InChI=1S/C23H20F3N5O3/c1-14(2)30-13-27-22-28-15(11-20(32)31(22)30)12-34-19-10-6-5-9-18(19)29-21(33)16-7-3-4-8-17(16)23(24,25)26/h3-11,13-14H,12H2,1-2H3,(H,29,33). The summed E-state index contributed by atoms with van der Waals surface area (Å²) in [6.07, 6.45) is -3.16. The predicted molar refractivity (Wildman–Crippen MR) is 118 cm³/mol. The number of ether oxygens (including phenoxy) is 1. The molecule has 34 heavy (non-hydrogen) atoms. The Morgan fingerprint density at radius 3 is 2.56 bits per heavy atom. The lowest BCUT2D eigenvalue weighted by Gasteiger charge is -2.15. The van der Waals surface area contributed by atoms with Crippen LogP contribution in [0.5, 0.6) is 5.75 Å². The molecule has 2 heterocycles. The van der Waals surface area contributed by atoms with Gasteiger partial charge in [0.05, 0.1) is 22.5 Å². The largest absolute Gasteiger partial charge is 0.485 e. The van der Waals surface area contributed by atoms with Crippen molar-refractivity contribution in [2.24, 2.45) is 0 Å². The van der Waals surface area contributed by atoms with Crippen LogP contribution in [-0.4, -0.2) is 25.1 Å². The monoisotopic (exact) mass is 471 g/mol. The van der Waals surface area contributed by atoms with Crippen molar-refractivity contribution >= 4 is 17.4 Å². The molecule has 1 amide bonds. The number of amides is 1. The summed E-state index contributed by atoms with van der Waals surface area (Å²) in [5.74, 6) is -0.513. The van der Waals surface area contributed by atoms with Crippen LogP contribution in [0.2, 0.25) is 0 Å². The molecule has 4 rings (SSSR count). The van der Waals surface area contributed by atoms with Crippen molar-refractivity contribution in [3.8, 4) is 5.75 Å². The Labute approximate surface area is 191 Å². The van der Waals surface area contributed by atoms with Gasteiger partial charge in [0, 0.05) is 12.1 Å². The topological polar surface area (TPSA) is 90.5 Å². The third-order valence-electron chi connectivity index (χ3n) is 4.97. The number of nitrogens with one attached hydrogen (secondary N) is 1. The van der Waals surface area contributed by atoms with Crippen molar-refractivity contribution in [1.29, 1.82) is 0 Å². The summed E-state index contributed by atoms with van der Waals surface area (Å²) in [6.45, 7) is 3.69. The van der Waals surface area contributed by atoms with Crippen LogP contribution in [0.15, 0.2) is 65.7 Å². The highest BCUT2D eigenvalue weighted by Crippen LogP contribution is 2.33. The molecule has 0 saturated heterocycles. The number of rotatable bonds is 6. The Balaban J connectivity index is 1.55. The Bertz CT molecular complexity index is 1410. The van der Waals surface area contributed by atoms with E-state index in [1.54, 1.807) is 22.9 Å². The second-order valence-electron chi connectivity index (χ2n) is 7.70. The Morgan fingerprint density at radius 2 is 1.82 bits per heavy atom. The van der Waals surface area contributed by atoms with Crippen molar-refractivity contribution in [1.82, 2.24) is 19.2 Å². The number of fused-ring (bicyclic) bond motifs is 1. The van der Waals surface area contributed by atoms with Gasteiger partial charge in [-0.15, -0.1) is 0 Å². The number of anilines is 1.